The van der Waals surface area contributed by atoms with Crippen LogP contribution in [-0.2, 0) is 9.53 Å². The third kappa shape index (κ3) is 3.35. The third-order valence-electron chi connectivity index (χ3n) is 2.32. The van der Waals surface area contributed by atoms with Crippen LogP contribution in [0.4, 0.5) is 0 Å². The van der Waals surface area contributed by atoms with E-state index in [0.717, 1.165) is 13.0 Å². The lowest BCUT2D eigenvalue weighted by atomic mass is 10.1. The molecule has 0 unspecified atom stereocenters. The monoisotopic (exact) mass is 185 g/mol. The lowest BCUT2D eigenvalue weighted by Crippen LogP contribution is -2.39. The van der Waals surface area contributed by atoms with E-state index in [9.17, 15) is 4.79 Å². The van der Waals surface area contributed by atoms with Crippen LogP contribution in [-0.4, -0.2) is 24.7 Å². The van der Waals surface area contributed by atoms with Crippen molar-refractivity contribution in [2.24, 2.45) is 5.92 Å². The van der Waals surface area contributed by atoms with E-state index >= 15 is 0 Å². The summed E-state index contributed by atoms with van der Waals surface area (Å²) in [6, 6.07) is 0.228. The molecule has 1 rings (SSSR count). The number of rotatable bonds is 3. The van der Waals surface area contributed by atoms with E-state index in [-0.39, 0.29) is 18.1 Å². The highest BCUT2D eigenvalue weighted by atomic mass is 16.5. The van der Waals surface area contributed by atoms with Crippen molar-refractivity contribution in [1.29, 1.82) is 0 Å². The fourth-order valence-corrected chi connectivity index (χ4v) is 1.56. The first kappa shape index (κ1) is 10.5. The van der Waals surface area contributed by atoms with Gasteiger partial charge in [-0.1, -0.05) is 13.8 Å². The van der Waals surface area contributed by atoms with Gasteiger partial charge in [-0.05, 0) is 19.3 Å². The van der Waals surface area contributed by atoms with Gasteiger partial charge in [-0.25, -0.2) is 0 Å². The second-order valence-corrected chi connectivity index (χ2v) is 4.14. The Morgan fingerprint density at radius 1 is 1.62 bits per heavy atom. The van der Waals surface area contributed by atoms with Crippen molar-refractivity contribution in [2.45, 2.75) is 45.8 Å². The van der Waals surface area contributed by atoms with Gasteiger partial charge in [-0.3, -0.25) is 4.79 Å². The molecular weight excluding hydrogens is 166 g/mol. The molecule has 0 aromatic heterocycles. The van der Waals surface area contributed by atoms with Gasteiger partial charge in [-0.2, -0.15) is 0 Å². The Labute approximate surface area is 79.8 Å². The first-order valence-electron chi connectivity index (χ1n) is 5.00. The first-order valence-corrected chi connectivity index (χ1v) is 5.00. The number of ether oxygens (including phenoxy) is 1. The molecule has 76 valence electrons. The van der Waals surface area contributed by atoms with Crippen LogP contribution in [0.15, 0.2) is 0 Å². The highest BCUT2D eigenvalue weighted by Gasteiger charge is 2.25. The minimum Gasteiger partial charge on any atom is -0.376 e. The van der Waals surface area contributed by atoms with Gasteiger partial charge in [0.15, 0.2) is 0 Å². The van der Waals surface area contributed by atoms with Crippen molar-refractivity contribution in [3.05, 3.63) is 0 Å². The number of carbonyl (C=O) groups is 1. The van der Waals surface area contributed by atoms with E-state index in [2.05, 4.69) is 5.32 Å². The molecule has 3 nitrogen and oxygen atoms in total. The van der Waals surface area contributed by atoms with E-state index in [1.807, 2.05) is 20.8 Å². The van der Waals surface area contributed by atoms with E-state index in [0.29, 0.717) is 12.3 Å². The average molecular weight is 185 g/mol. The molecule has 0 radical (unpaired) electrons. The Balaban J connectivity index is 2.27. The number of nitrogens with one attached hydrogen (secondary N) is 1. The molecule has 0 aliphatic carbocycles. The van der Waals surface area contributed by atoms with Crippen LogP contribution < -0.4 is 5.32 Å². The van der Waals surface area contributed by atoms with Crippen molar-refractivity contribution >= 4 is 5.91 Å². The molecule has 2 atom stereocenters. The Hall–Kier alpha value is -0.570. The smallest absolute Gasteiger partial charge is 0.220 e. The molecule has 1 aliphatic heterocycles. The summed E-state index contributed by atoms with van der Waals surface area (Å²) in [6.07, 6.45) is 1.74. The molecule has 1 amide bonds. The quantitative estimate of drug-likeness (QED) is 0.720. The lowest BCUT2D eigenvalue weighted by molar-refractivity contribution is -0.122. The van der Waals surface area contributed by atoms with Crippen molar-refractivity contribution in [2.75, 3.05) is 6.61 Å². The van der Waals surface area contributed by atoms with Gasteiger partial charge < -0.3 is 10.1 Å². The van der Waals surface area contributed by atoms with E-state index < -0.39 is 0 Å². The largest absolute Gasteiger partial charge is 0.376 e. The lowest BCUT2D eigenvalue weighted by Gasteiger charge is -2.16. The van der Waals surface area contributed by atoms with Crippen LogP contribution in [0.25, 0.3) is 0 Å². The highest BCUT2D eigenvalue weighted by Crippen LogP contribution is 2.13. The maximum atomic E-state index is 11.4. The molecule has 0 saturated carbocycles. The summed E-state index contributed by atoms with van der Waals surface area (Å²) >= 11 is 0. The van der Waals surface area contributed by atoms with Gasteiger partial charge in [0.1, 0.15) is 0 Å². The summed E-state index contributed by atoms with van der Waals surface area (Å²) < 4.78 is 5.36. The van der Waals surface area contributed by atoms with Crippen LogP contribution in [0.3, 0.4) is 0 Å². The molecule has 0 bridgehead atoms. The third-order valence-corrected chi connectivity index (χ3v) is 2.32. The number of hydrogen-bond acceptors (Lipinski definition) is 2. The van der Waals surface area contributed by atoms with Crippen LogP contribution >= 0.6 is 0 Å². The predicted octanol–water partition coefficient (Wildman–Crippen LogP) is 1.33. The Kier molecular flexibility index (Phi) is 3.72. The summed E-state index contributed by atoms with van der Waals surface area (Å²) in [6.45, 7) is 6.88. The Bertz CT molecular complexity index is 180. The van der Waals surface area contributed by atoms with Crippen molar-refractivity contribution in [1.82, 2.24) is 5.32 Å². The van der Waals surface area contributed by atoms with Gasteiger partial charge >= 0.3 is 0 Å². The fraction of sp³-hybridized carbons (Fsp3) is 0.900. The summed E-state index contributed by atoms with van der Waals surface area (Å²) in [7, 11) is 0. The summed E-state index contributed by atoms with van der Waals surface area (Å²) in [4.78, 5) is 11.4. The molecule has 1 N–H and O–H groups in total. The summed E-state index contributed by atoms with van der Waals surface area (Å²) in [5.41, 5.74) is 0. The highest BCUT2D eigenvalue weighted by molar-refractivity contribution is 5.76. The minimum atomic E-state index is 0.150. The van der Waals surface area contributed by atoms with Crippen LogP contribution in [0, 0.1) is 5.92 Å². The Morgan fingerprint density at radius 2 is 2.31 bits per heavy atom. The molecule has 13 heavy (non-hydrogen) atoms. The topological polar surface area (TPSA) is 38.3 Å². The Morgan fingerprint density at radius 3 is 2.77 bits per heavy atom. The molecule has 1 aliphatic rings. The van der Waals surface area contributed by atoms with Crippen LogP contribution in [0.5, 0.6) is 0 Å². The first-order chi connectivity index (χ1) is 6.09. The molecule has 3 heteroatoms. The molecule has 0 aromatic rings. The standard InChI is InChI=1S/C10H19NO2/c1-7(2)6-10(12)11-9-4-5-13-8(9)3/h7-9H,4-6H2,1-3H3,(H,11,12)/t8-,9-/m1/s1. The second-order valence-electron chi connectivity index (χ2n) is 4.14. The van der Waals surface area contributed by atoms with Gasteiger partial charge in [0.05, 0.1) is 12.1 Å². The SMILES string of the molecule is CC(C)CC(=O)N[C@@H]1CCO[C@@H]1C. The fourth-order valence-electron chi connectivity index (χ4n) is 1.56. The second kappa shape index (κ2) is 4.61. The molecule has 0 spiro atoms. The van der Waals surface area contributed by atoms with E-state index in [1.54, 1.807) is 0 Å². The summed E-state index contributed by atoms with van der Waals surface area (Å²) in [5, 5.41) is 3.00. The number of hydrogen-bond donors (Lipinski definition) is 1. The average Bonchev–Trinajstić information content (AvgIpc) is 2.34. The number of amides is 1. The molecule has 1 heterocycles. The molecule has 1 fully saturated rings. The molecule has 0 aromatic carbocycles. The van der Waals surface area contributed by atoms with Gasteiger partial charge in [0.25, 0.3) is 0 Å². The van der Waals surface area contributed by atoms with Crippen molar-refractivity contribution in [3.63, 3.8) is 0 Å². The zero-order chi connectivity index (χ0) is 9.84. The molecule has 1 saturated heterocycles. The normalized spacial score (nSPS) is 28.0. The molecular formula is C10H19NO2. The van der Waals surface area contributed by atoms with Gasteiger partial charge in [0.2, 0.25) is 5.91 Å². The minimum absolute atomic E-state index is 0.150. The zero-order valence-corrected chi connectivity index (χ0v) is 8.67. The van der Waals surface area contributed by atoms with Crippen LogP contribution in [0.1, 0.15) is 33.6 Å². The zero-order valence-electron chi connectivity index (χ0n) is 8.67. The van der Waals surface area contributed by atoms with Gasteiger partial charge in [-0.15, -0.1) is 0 Å². The predicted molar refractivity (Wildman–Crippen MR) is 51.4 cm³/mol. The van der Waals surface area contributed by atoms with E-state index in [1.165, 1.54) is 0 Å². The maximum absolute atomic E-state index is 11.4. The van der Waals surface area contributed by atoms with E-state index in [4.69, 9.17) is 4.74 Å². The van der Waals surface area contributed by atoms with Crippen molar-refractivity contribution < 1.29 is 9.53 Å². The van der Waals surface area contributed by atoms with Crippen molar-refractivity contribution in [3.8, 4) is 0 Å². The number of carbonyl (C=O) groups excluding carboxylic acids is 1. The summed E-state index contributed by atoms with van der Waals surface area (Å²) in [5.74, 6) is 0.579. The maximum Gasteiger partial charge on any atom is 0.220 e. The van der Waals surface area contributed by atoms with Gasteiger partial charge in [0, 0.05) is 13.0 Å². The van der Waals surface area contributed by atoms with Crippen LogP contribution in [0.2, 0.25) is 0 Å².